The topological polar surface area (TPSA) is 63.0 Å². The van der Waals surface area contributed by atoms with E-state index in [1.165, 1.54) is 11.8 Å². The molecule has 8 heteroatoms. The summed E-state index contributed by atoms with van der Waals surface area (Å²) in [5, 5.41) is 12.2. The third-order valence-electron chi connectivity index (χ3n) is 3.25. The van der Waals surface area contributed by atoms with Gasteiger partial charge in [-0.1, -0.05) is 53.2 Å². The van der Waals surface area contributed by atoms with Crippen molar-refractivity contribution >= 4 is 52.3 Å². The lowest BCUT2D eigenvalue weighted by Crippen LogP contribution is -2.19. The van der Waals surface area contributed by atoms with Crippen LogP contribution in [0.15, 0.2) is 52.7 Å². The number of carbonyl (C=O) groups excluding carboxylic acids is 1. The summed E-state index contributed by atoms with van der Waals surface area (Å²) in [5.74, 6) is 0.957. The van der Waals surface area contributed by atoms with Crippen molar-refractivity contribution in [3.63, 3.8) is 0 Å². The van der Waals surface area contributed by atoms with E-state index < -0.39 is 0 Å². The molecule has 5 nitrogen and oxygen atoms in total. The molecule has 25 heavy (non-hydrogen) atoms. The summed E-state index contributed by atoms with van der Waals surface area (Å²) in [6.07, 6.45) is 1.58. The first-order valence-corrected chi connectivity index (χ1v) is 9.05. The van der Waals surface area contributed by atoms with Gasteiger partial charge in [0, 0.05) is 21.2 Å². The van der Waals surface area contributed by atoms with Crippen LogP contribution in [0, 0.1) is 0 Å². The number of halogens is 2. The number of amides is 1. The Labute approximate surface area is 159 Å². The van der Waals surface area contributed by atoms with E-state index in [1.807, 2.05) is 30.3 Å². The molecule has 1 amide bonds. The number of nitrogens with zero attached hydrogens (tertiary/aromatic N) is 2. The number of para-hydroxylation sites is 1. The molecule has 1 aliphatic rings. The fourth-order valence-corrected chi connectivity index (χ4v) is 3.13. The van der Waals surface area contributed by atoms with Crippen LogP contribution in [-0.4, -0.2) is 23.0 Å². The Balaban J connectivity index is 1.69. The van der Waals surface area contributed by atoms with Crippen molar-refractivity contribution in [3.05, 3.63) is 63.6 Å². The lowest BCUT2D eigenvalue weighted by atomic mass is 10.2. The highest BCUT2D eigenvalue weighted by Gasteiger charge is 2.16. The molecule has 0 saturated carbocycles. The molecule has 1 fully saturated rings. The second-order valence-electron chi connectivity index (χ2n) is 5.05. The lowest BCUT2D eigenvalue weighted by molar-refractivity contribution is -0.116. The van der Waals surface area contributed by atoms with E-state index in [1.54, 1.807) is 18.3 Å². The minimum absolute atomic E-state index is 0.0671. The quantitative estimate of drug-likeness (QED) is 0.613. The zero-order valence-corrected chi connectivity index (χ0v) is 15.2. The zero-order valence-electron chi connectivity index (χ0n) is 12.9. The lowest BCUT2D eigenvalue weighted by Gasteiger charge is -2.10. The van der Waals surface area contributed by atoms with Crippen molar-refractivity contribution in [2.24, 2.45) is 10.2 Å². The van der Waals surface area contributed by atoms with Gasteiger partial charge in [0.25, 0.3) is 0 Å². The van der Waals surface area contributed by atoms with Crippen molar-refractivity contribution in [1.29, 1.82) is 0 Å². The number of carbonyl (C=O) groups is 1. The molecule has 2 aromatic rings. The summed E-state index contributed by atoms with van der Waals surface area (Å²) in [7, 11) is 0. The highest BCUT2D eigenvalue weighted by atomic mass is 35.5. The van der Waals surface area contributed by atoms with Crippen molar-refractivity contribution in [2.75, 3.05) is 5.75 Å². The molecule has 0 aliphatic carbocycles. The molecule has 1 N–H and O–H groups in total. The molecular formula is C17H13Cl2N3O2S. The number of nitrogens with one attached hydrogen (secondary N) is 1. The smallest absolute Gasteiger partial charge is 0.236 e. The van der Waals surface area contributed by atoms with E-state index in [0.717, 1.165) is 11.1 Å². The van der Waals surface area contributed by atoms with Crippen molar-refractivity contribution < 1.29 is 9.53 Å². The monoisotopic (exact) mass is 393 g/mol. The first-order valence-electron chi connectivity index (χ1n) is 7.31. The zero-order chi connectivity index (χ0) is 17.6. The van der Waals surface area contributed by atoms with Crippen LogP contribution in [0.25, 0.3) is 0 Å². The van der Waals surface area contributed by atoms with Crippen LogP contribution in [0.2, 0.25) is 10.0 Å². The van der Waals surface area contributed by atoms with Crippen LogP contribution >= 0.6 is 35.0 Å². The number of hydrogen-bond acceptors (Lipinski definition) is 5. The third kappa shape index (κ3) is 4.98. The van der Waals surface area contributed by atoms with Crippen molar-refractivity contribution in [1.82, 2.24) is 5.32 Å². The Hall–Kier alpha value is -2.02. The predicted octanol–water partition coefficient (Wildman–Crippen LogP) is 4.13. The van der Waals surface area contributed by atoms with Crippen LogP contribution in [0.3, 0.4) is 0 Å². The average Bonchev–Trinajstić information content (AvgIpc) is 3.00. The first-order chi connectivity index (χ1) is 12.1. The maximum absolute atomic E-state index is 11.1. The molecule has 1 aliphatic heterocycles. The van der Waals surface area contributed by atoms with Gasteiger partial charge in [0.05, 0.1) is 12.0 Å². The minimum Gasteiger partial charge on any atom is -0.488 e. The second kappa shape index (κ2) is 8.38. The van der Waals surface area contributed by atoms with Gasteiger partial charge in [-0.3, -0.25) is 4.79 Å². The van der Waals surface area contributed by atoms with Crippen molar-refractivity contribution in [3.8, 4) is 5.75 Å². The van der Waals surface area contributed by atoms with Gasteiger partial charge < -0.3 is 10.1 Å². The third-order valence-corrected chi connectivity index (χ3v) is 4.70. The Kier molecular flexibility index (Phi) is 5.96. The molecule has 128 valence electrons. The summed E-state index contributed by atoms with van der Waals surface area (Å²) < 4.78 is 5.84. The van der Waals surface area contributed by atoms with Gasteiger partial charge in [-0.05, 0) is 24.3 Å². The summed E-state index contributed by atoms with van der Waals surface area (Å²) in [6, 6.07) is 12.7. The maximum atomic E-state index is 11.1. The number of benzene rings is 2. The number of thioether (sulfide) groups is 1. The highest BCUT2D eigenvalue weighted by molar-refractivity contribution is 8.15. The molecule has 1 heterocycles. The van der Waals surface area contributed by atoms with Gasteiger partial charge in [-0.2, -0.15) is 5.10 Å². The summed E-state index contributed by atoms with van der Waals surface area (Å²) in [4.78, 5) is 11.1. The van der Waals surface area contributed by atoms with Gasteiger partial charge in [0.15, 0.2) is 5.17 Å². The summed E-state index contributed by atoms with van der Waals surface area (Å²) >= 11 is 13.4. The fraction of sp³-hybridized carbons (Fsp3) is 0.118. The standard InChI is InChI=1S/C17H13Cl2N3O2S/c18-13-6-5-12(14(19)7-13)9-24-15-4-2-1-3-11(15)8-20-22-17-21-16(23)10-25-17/h1-8H,9-10H2,(H,21,22,23)/b20-8+. The predicted molar refractivity (Wildman–Crippen MR) is 103 cm³/mol. The van der Waals surface area contributed by atoms with Gasteiger partial charge in [0.2, 0.25) is 5.91 Å². The van der Waals surface area contributed by atoms with Crippen molar-refractivity contribution in [2.45, 2.75) is 6.61 Å². The van der Waals surface area contributed by atoms with E-state index in [9.17, 15) is 4.79 Å². The van der Waals surface area contributed by atoms with Gasteiger partial charge in [-0.25, -0.2) is 0 Å². The Morgan fingerprint density at radius 3 is 2.84 bits per heavy atom. The maximum Gasteiger partial charge on any atom is 0.236 e. The van der Waals surface area contributed by atoms with E-state index in [4.69, 9.17) is 27.9 Å². The SMILES string of the molecule is O=C1CS/C(=N/N=C/c2ccccc2OCc2ccc(Cl)cc2Cl)N1. The fourth-order valence-electron chi connectivity index (χ4n) is 2.04. The molecule has 0 unspecified atom stereocenters. The minimum atomic E-state index is -0.0671. The van der Waals surface area contributed by atoms with Gasteiger partial charge >= 0.3 is 0 Å². The second-order valence-corrected chi connectivity index (χ2v) is 6.86. The number of amidine groups is 1. The Morgan fingerprint density at radius 1 is 1.24 bits per heavy atom. The number of rotatable bonds is 5. The Morgan fingerprint density at radius 2 is 2.08 bits per heavy atom. The van der Waals surface area contributed by atoms with Crippen LogP contribution in [0.1, 0.15) is 11.1 Å². The van der Waals surface area contributed by atoms with Crippen LogP contribution in [0.5, 0.6) is 5.75 Å². The Bertz CT molecular complexity index is 856. The van der Waals surface area contributed by atoms with E-state index >= 15 is 0 Å². The molecule has 0 bridgehead atoms. The van der Waals surface area contributed by atoms with Gasteiger partial charge in [-0.15, -0.1) is 5.10 Å². The first kappa shape index (κ1) is 17.8. The average molecular weight is 394 g/mol. The largest absolute Gasteiger partial charge is 0.488 e. The van der Waals surface area contributed by atoms with Crippen LogP contribution < -0.4 is 10.1 Å². The van der Waals surface area contributed by atoms with E-state index in [2.05, 4.69) is 15.5 Å². The summed E-state index contributed by atoms with van der Waals surface area (Å²) in [6.45, 7) is 0.307. The molecule has 1 saturated heterocycles. The van der Waals surface area contributed by atoms with E-state index in [0.29, 0.717) is 33.3 Å². The highest BCUT2D eigenvalue weighted by Crippen LogP contribution is 2.24. The molecule has 2 aromatic carbocycles. The molecule has 3 rings (SSSR count). The summed E-state index contributed by atoms with van der Waals surface area (Å²) in [5.41, 5.74) is 1.61. The van der Waals surface area contributed by atoms with Crippen LogP contribution in [-0.2, 0) is 11.4 Å². The number of ether oxygens (including phenoxy) is 1. The number of hydrogen-bond donors (Lipinski definition) is 1. The molecule has 0 radical (unpaired) electrons. The molecule has 0 aromatic heterocycles. The molecular weight excluding hydrogens is 381 g/mol. The molecule has 0 spiro atoms. The van der Waals surface area contributed by atoms with Crippen LogP contribution in [0.4, 0.5) is 0 Å². The normalized spacial score (nSPS) is 15.8. The molecule has 0 atom stereocenters. The van der Waals surface area contributed by atoms with Gasteiger partial charge in [0.1, 0.15) is 12.4 Å². The van der Waals surface area contributed by atoms with E-state index in [-0.39, 0.29) is 5.91 Å².